The van der Waals surface area contributed by atoms with Gasteiger partial charge < -0.3 is 15.7 Å². The Kier molecular flexibility index (Phi) is 2.87. The Labute approximate surface area is 115 Å². The van der Waals surface area contributed by atoms with Crippen LogP contribution in [-0.4, -0.2) is 40.5 Å². The molecule has 1 aromatic rings. The van der Waals surface area contributed by atoms with Crippen LogP contribution in [0.1, 0.15) is 33.0 Å². The molecule has 1 atom stereocenters. The van der Waals surface area contributed by atoms with Crippen molar-refractivity contribution in [1.82, 2.24) is 4.90 Å². The highest BCUT2D eigenvalue weighted by Gasteiger charge is 2.43. The summed E-state index contributed by atoms with van der Waals surface area (Å²) in [6.45, 7) is 0.522. The summed E-state index contributed by atoms with van der Waals surface area (Å²) in [6, 6.07) is 1.96. The molecular weight excluding hydrogens is 264 g/mol. The van der Waals surface area contributed by atoms with Gasteiger partial charge >= 0.3 is 5.97 Å². The molecule has 1 saturated heterocycles. The van der Waals surface area contributed by atoms with Gasteiger partial charge in [0.25, 0.3) is 5.91 Å². The molecule has 0 spiro atoms. The monoisotopic (exact) mass is 280 g/mol. The van der Waals surface area contributed by atoms with Crippen molar-refractivity contribution >= 4 is 23.2 Å². The van der Waals surface area contributed by atoms with E-state index in [-0.39, 0.29) is 12.5 Å². The molecule has 2 aliphatic rings. The number of aryl methyl sites for hydroxylation is 2. The lowest BCUT2D eigenvalue weighted by Gasteiger charge is -2.19. The maximum atomic E-state index is 12.4. The van der Waals surface area contributed by atoms with Gasteiger partial charge in [-0.1, -0.05) is 0 Å². The van der Waals surface area contributed by atoms with Crippen molar-refractivity contribution in [2.75, 3.05) is 13.1 Å². The zero-order chi connectivity index (χ0) is 13.6. The number of nitrogens with two attached hydrogens (primary N) is 1. The molecule has 0 saturated carbocycles. The first-order valence-corrected chi connectivity index (χ1v) is 7.24. The number of hydrogen-bond acceptors (Lipinski definition) is 4. The average Bonchev–Trinajstić information content (AvgIpc) is 3.01. The Morgan fingerprint density at radius 2 is 2.21 bits per heavy atom. The highest BCUT2D eigenvalue weighted by molar-refractivity contribution is 7.14. The number of carboxylic acids is 1. The first-order chi connectivity index (χ1) is 8.99. The summed E-state index contributed by atoms with van der Waals surface area (Å²) in [6.07, 6.45) is 3.60. The number of carbonyl (C=O) groups is 2. The van der Waals surface area contributed by atoms with Gasteiger partial charge in [-0.15, -0.1) is 11.3 Å². The van der Waals surface area contributed by atoms with Crippen LogP contribution in [0, 0.1) is 0 Å². The molecule has 19 heavy (non-hydrogen) atoms. The summed E-state index contributed by atoms with van der Waals surface area (Å²) in [5.41, 5.74) is 5.79. The van der Waals surface area contributed by atoms with E-state index in [1.165, 1.54) is 16.9 Å². The van der Waals surface area contributed by atoms with Crippen LogP contribution in [0.25, 0.3) is 0 Å². The number of hydrogen-bond donors (Lipinski definition) is 2. The van der Waals surface area contributed by atoms with Crippen molar-refractivity contribution in [3.63, 3.8) is 0 Å². The van der Waals surface area contributed by atoms with Gasteiger partial charge in [0.2, 0.25) is 0 Å². The zero-order valence-corrected chi connectivity index (χ0v) is 11.3. The topological polar surface area (TPSA) is 83.6 Å². The SMILES string of the molecule is NC1(C(=O)O)CCN(C(=O)c2cc3c(s2)CCC3)C1. The number of fused-ring (bicyclic) bond motifs is 1. The maximum absolute atomic E-state index is 12.4. The van der Waals surface area contributed by atoms with Crippen molar-refractivity contribution in [2.45, 2.75) is 31.2 Å². The van der Waals surface area contributed by atoms with Crippen LogP contribution >= 0.6 is 11.3 Å². The van der Waals surface area contributed by atoms with E-state index in [1.54, 1.807) is 16.2 Å². The molecule has 6 heteroatoms. The summed E-state index contributed by atoms with van der Waals surface area (Å²) in [5.74, 6) is -1.11. The minimum absolute atomic E-state index is 0.0759. The number of carbonyl (C=O) groups excluding carboxylic acids is 1. The Hall–Kier alpha value is -1.40. The van der Waals surface area contributed by atoms with E-state index in [0.29, 0.717) is 13.0 Å². The fourth-order valence-electron chi connectivity index (χ4n) is 2.77. The molecule has 1 amide bonds. The van der Waals surface area contributed by atoms with Crippen molar-refractivity contribution < 1.29 is 14.7 Å². The highest BCUT2D eigenvalue weighted by Crippen LogP contribution is 2.32. The van der Waals surface area contributed by atoms with Crippen molar-refractivity contribution in [3.8, 4) is 0 Å². The van der Waals surface area contributed by atoms with E-state index < -0.39 is 11.5 Å². The molecule has 2 heterocycles. The molecular formula is C13H16N2O3S. The van der Waals surface area contributed by atoms with Crippen LogP contribution in [0.3, 0.4) is 0 Å². The van der Waals surface area contributed by atoms with Crippen LogP contribution in [0.4, 0.5) is 0 Å². The van der Waals surface area contributed by atoms with E-state index in [2.05, 4.69) is 0 Å². The molecule has 1 aliphatic heterocycles. The largest absolute Gasteiger partial charge is 0.480 e. The predicted molar refractivity (Wildman–Crippen MR) is 71.4 cm³/mol. The van der Waals surface area contributed by atoms with Gasteiger partial charge in [-0.2, -0.15) is 0 Å². The molecule has 0 radical (unpaired) electrons. The summed E-state index contributed by atoms with van der Waals surface area (Å²) >= 11 is 1.55. The number of thiophene rings is 1. The number of aliphatic carboxylic acids is 1. The lowest BCUT2D eigenvalue weighted by atomic mass is 10.0. The third-order valence-electron chi connectivity index (χ3n) is 3.97. The minimum Gasteiger partial charge on any atom is -0.480 e. The van der Waals surface area contributed by atoms with E-state index in [9.17, 15) is 9.59 Å². The Bertz CT molecular complexity index is 533. The number of rotatable bonds is 2. The smallest absolute Gasteiger partial charge is 0.325 e. The van der Waals surface area contributed by atoms with Gasteiger partial charge in [-0.25, -0.2) is 0 Å². The highest BCUT2D eigenvalue weighted by atomic mass is 32.1. The molecule has 0 bridgehead atoms. The summed E-state index contributed by atoms with van der Waals surface area (Å²) in [7, 11) is 0. The van der Waals surface area contributed by atoms with Crippen molar-refractivity contribution in [2.24, 2.45) is 5.73 Å². The summed E-state index contributed by atoms with van der Waals surface area (Å²) < 4.78 is 0. The Morgan fingerprint density at radius 3 is 2.84 bits per heavy atom. The van der Waals surface area contributed by atoms with Gasteiger partial charge in [-0.05, 0) is 37.3 Å². The fourth-order valence-corrected chi connectivity index (χ4v) is 3.99. The molecule has 3 N–H and O–H groups in total. The van der Waals surface area contributed by atoms with Gasteiger partial charge in [-0.3, -0.25) is 9.59 Å². The molecule has 102 valence electrons. The number of carboxylic acid groups (broad SMARTS) is 1. The standard InChI is InChI=1S/C13H16N2O3S/c14-13(12(17)18)4-5-15(7-13)11(16)10-6-8-2-1-3-9(8)19-10/h6H,1-5,7,14H2,(H,17,18). The average molecular weight is 280 g/mol. The van der Waals surface area contributed by atoms with Gasteiger partial charge in [0.1, 0.15) is 5.54 Å². The lowest BCUT2D eigenvalue weighted by Crippen LogP contribution is -2.50. The normalized spacial score (nSPS) is 25.6. The molecule has 1 aromatic heterocycles. The van der Waals surface area contributed by atoms with Crippen LogP contribution in [0.5, 0.6) is 0 Å². The fraction of sp³-hybridized carbons (Fsp3) is 0.538. The molecule has 0 aromatic carbocycles. The molecule has 5 nitrogen and oxygen atoms in total. The van der Waals surface area contributed by atoms with Gasteiger partial charge in [0.15, 0.2) is 0 Å². The van der Waals surface area contributed by atoms with Crippen molar-refractivity contribution in [3.05, 3.63) is 21.4 Å². The third kappa shape index (κ3) is 2.04. The Balaban J connectivity index is 1.76. The summed E-state index contributed by atoms with van der Waals surface area (Å²) in [4.78, 5) is 27.0. The first kappa shape index (κ1) is 12.6. The molecule has 1 aliphatic carbocycles. The zero-order valence-electron chi connectivity index (χ0n) is 10.5. The van der Waals surface area contributed by atoms with E-state index in [1.807, 2.05) is 6.07 Å². The predicted octanol–water partition coefficient (Wildman–Crippen LogP) is 0.865. The summed E-state index contributed by atoms with van der Waals surface area (Å²) in [5, 5.41) is 9.08. The lowest BCUT2D eigenvalue weighted by molar-refractivity contribution is -0.142. The van der Waals surface area contributed by atoms with Crippen LogP contribution in [0.2, 0.25) is 0 Å². The third-order valence-corrected chi connectivity index (χ3v) is 5.20. The molecule has 1 fully saturated rings. The maximum Gasteiger partial charge on any atom is 0.325 e. The first-order valence-electron chi connectivity index (χ1n) is 6.43. The van der Waals surface area contributed by atoms with Gasteiger partial charge in [0.05, 0.1) is 4.88 Å². The van der Waals surface area contributed by atoms with Crippen LogP contribution < -0.4 is 5.73 Å². The molecule has 1 unspecified atom stereocenters. The number of amides is 1. The minimum atomic E-state index is -1.28. The second-order valence-electron chi connectivity index (χ2n) is 5.35. The Morgan fingerprint density at radius 1 is 1.42 bits per heavy atom. The van der Waals surface area contributed by atoms with E-state index in [0.717, 1.165) is 17.7 Å². The second-order valence-corrected chi connectivity index (χ2v) is 6.49. The van der Waals surface area contributed by atoms with Crippen LogP contribution in [-0.2, 0) is 17.6 Å². The quantitative estimate of drug-likeness (QED) is 0.842. The number of likely N-dealkylation sites (tertiary alicyclic amines) is 1. The van der Waals surface area contributed by atoms with E-state index >= 15 is 0 Å². The molecule has 3 rings (SSSR count). The van der Waals surface area contributed by atoms with E-state index in [4.69, 9.17) is 10.8 Å². The second kappa shape index (κ2) is 4.31. The van der Waals surface area contributed by atoms with Gasteiger partial charge in [0, 0.05) is 18.0 Å². The van der Waals surface area contributed by atoms with Crippen molar-refractivity contribution in [1.29, 1.82) is 0 Å². The number of nitrogens with zero attached hydrogens (tertiary/aromatic N) is 1. The van der Waals surface area contributed by atoms with Crippen LogP contribution in [0.15, 0.2) is 6.07 Å².